The van der Waals surface area contributed by atoms with Crippen LogP contribution in [0.1, 0.15) is 61.3 Å². The number of halogens is 2. The second-order valence-corrected chi connectivity index (χ2v) is 7.73. The SMILES string of the molecule is CCCC(CC(C)F)c1ccc(C(=NN=Cc2ccc(F)cc2)c2ccccc2)cc1. The first-order valence-electron chi connectivity index (χ1n) is 10.7. The van der Waals surface area contributed by atoms with Gasteiger partial charge in [0.25, 0.3) is 0 Å². The van der Waals surface area contributed by atoms with E-state index in [1.54, 1.807) is 25.3 Å². The minimum Gasteiger partial charge on any atom is -0.248 e. The van der Waals surface area contributed by atoms with Crippen LogP contribution >= 0.6 is 0 Å². The first kappa shape index (κ1) is 22.5. The Kier molecular flexibility index (Phi) is 8.22. The fourth-order valence-electron chi connectivity index (χ4n) is 3.65. The van der Waals surface area contributed by atoms with Crippen LogP contribution in [0.4, 0.5) is 8.78 Å². The highest BCUT2D eigenvalue weighted by molar-refractivity contribution is 6.13. The first-order chi connectivity index (χ1) is 15.1. The Morgan fingerprint density at radius 2 is 1.55 bits per heavy atom. The summed E-state index contributed by atoms with van der Waals surface area (Å²) in [5.74, 6) is -0.0677. The quantitative estimate of drug-likeness (QED) is 0.257. The molecule has 0 fully saturated rings. The Balaban J connectivity index is 1.90. The van der Waals surface area contributed by atoms with Gasteiger partial charge in [-0.15, -0.1) is 5.10 Å². The van der Waals surface area contributed by atoms with Crippen LogP contribution in [0.2, 0.25) is 0 Å². The predicted molar refractivity (Wildman–Crippen MR) is 125 cm³/mol. The molecule has 0 aliphatic carbocycles. The number of hydrogen-bond acceptors (Lipinski definition) is 2. The van der Waals surface area contributed by atoms with Crippen molar-refractivity contribution in [2.45, 2.75) is 45.2 Å². The molecule has 0 saturated carbocycles. The third-order valence-electron chi connectivity index (χ3n) is 5.18. The molecule has 0 bridgehead atoms. The van der Waals surface area contributed by atoms with Gasteiger partial charge in [-0.25, -0.2) is 8.78 Å². The number of hydrogen-bond donors (Lipinski definition) is 0. The Bertz CT molecular complexity index is 992. The van der Waals surface area contributed by atoms with Gasteiger partial charge in [0.15, 0.2) is 0 Å². The maximum Gasteiger partial charge on any atom is 0.123 e. The highest BCUT2D eigenvalue weighted by atomic mass is 19.1. The molecule has 0 aliphatic rings. The highest BCUT2D eigenvalue weighted by Gasteiger charge is 2.15. The Hall–Kier alpha value is -3.14. The van der Waals surface area contributed by atoms with Crippen LogP contribution in [0.3, 0.4) is 0 Å². The number of benzene rings is 3. The molecule has 3 aromatic carbocycles. The molecule has 0 aliphatic heterocycles. The summed E-state index contributed by atoms with van der Waals surface area (Å²) >= 11 is 0. The molecule has 0 spiro atoms. The third-order valence-corrected chi connectivity index (χ3v) is 5.18. The van der Waals surface area contributed by atoms with E-state index in [4.69, 9.17) is 0 Å². The zero-order valence-electron chi connectivity index (χ0n) is 18.0. The fraction of sp³-hybridized carbons (Fsp3) is 0.259. The van der Waals surface area contributed by atoms with Gasteiger partial charge < -0.3 is 0 Å². The molecular formula is C27H28F2N2. The van der Waals surface area contributed by atoms with E-state index in [1.165, 1.54) is 12.1 Å². The smallest absolute Gasteiger partial charge is 0.123 e. The monoisotopic (exact) mass is 418 g/mol. The predicted octanol–water partition coefficient (Wildman–Crippen LogP) is 7.33. The van der Waals surface area contributed by atoms with E-state index in [0.29, 0.717) is 6.42 Å². The second kappa shape index (κ2) is 11.3. The first-order valence-corrected chi connectivity index (χ1v) is 10.7. The average Bonchev–Trinajstić information content (AvgIpc) is 2.78. The minimum atomic E-state index is -0.821. The summed E-state index contributed by atoms with van der Waals surface area (Å²) in [5, 5.41) is 8.72. The summed E-state index contributed by atoms with van der Waals surface area (Å²) in [6, 6.07) is 24.2. The maximum absolute atomic E-state index is 13.6. The summed E-state index contributed by atoms with van der Waals surface area (Å²) in [6.07, 6.45) is 3.31. The minimum absolute atomic E-state index is 0.215. The number of alkyl halides is 1. The van der Waals surface area contributed by atoms with Gasteiger partial charge in [-0.2, -0.15) is 5.10 Å². The van der Waals surface area contributed by atoms with E-state index in [1.807, 2.05) is 42.5 Å². The third kappa shape index (κ3) is 6.68. The molecule has 0 aromatic heterocycles. The van der Waals surface area contributed by atoms with Crippen LogP contribution in [-0.4, -0.2) is 18.1 Å². The second-order valence-electron chi connectivity index (χ2n) is 7.73. The van der Waals surface area contributed by atoms with Gasteiger partial charge >= 0.3 is 0 Å². The molecule has 3 rings (SSSR count). The largest absolute Gasteiger partial charge is 0.248 e. The van der Waals surface area contributed by atoms with Crippen LogP contribution < -0.4 is 0 Å². The average molecular weight is 419 g/mol. The van der Waals surface area contributed by atoms with Crippen LogP contribution in [0.25, 0.3) is 0 Å². The van der Waals surface area contributed by atoms with Gasteiger partial charge in [0.1, 0.15) is 11.5 Å². The lowest BCUT2D eigenvalue weighted by molar-refractivity contribution is 0.312. The highest BCUT2D eigenvalue weighted by Crippen LogP contribution is 2.28. The van der Waals surface area contributed by atoms with Crippen molar-refractivity contribution in [1.82, 2.24) is 0 Å². The Labute approximate surface area is 183 Å². The van der Waals surface area contributed by atoms with Gasteiger partial charge in [0, 0.05) is 11.1 Å². The molecule has 160 valence electrons. The van der Waals surface area contributed by atoms with E-state index in [-0.39, 0.29) is 11.7 Å². The van der Waals surface area contributed by atoms with Crippen molar-refractivity contribution in [3.05, 3.63) is 107 Å². The van der Waals surface area contributed by atoms with Crippen molar-refractivity contribution in [3.63, 3.8) is 0 Å². The molecule has 0 heterocycles. The molecule has 0 radical (unpaired) electrons. The van der Waals surface area contributed by atoms with Gasteiger partial charge in [-0.3, -0.25) is 0 Å². The van der Waals surface area contributed by atoms with E-state index in [9.17, 15) is 8.78 Å². The summed E-state index contributed by atoms with van der Waals surface area (Å²) in [4.78, 5) is 0. The summed E-state index contributed by atoms with van der Waals surface area (Å²) in [6.45, 7) is 3.75. The lowest BCUT2D eigenvalue weighted by Gasteiger charge is -2.18. The standard InChI is InChI=1S/C27H28F2N2/c1-3-7-25(18-20(2)28)22-12-14-24(15-13-22)27(23-8-5-4-6-9-23)31-30-19-21-10-16-26(29)17-11-21/h4-6,8-17,19-20,25H,3,7,18H2,1-2H3. The van der Waals surface area contributed by atoms with Crippen LogP contribution in [-0.2, 0) is 0 Å². The summed E-state index contributed by atoms with van der Waals surface area (Å²) in [5.41, 5.74) is 4.56. The normalized spacial score (nSPS) is 14.0. The molecule has 0 saturated heterocycles. The molecule has 4 heteroatoms. The topological polar surface area (TPSA) is 24.7 Å². The van der Waals surface area contributed by atoms with Gasteiger partial charge in [0.2, 0.25) is 0 Å². The summed E-state index contributed by atoms with van der Waals surface area (Å²) in [7, 11) is 0. The molecule has 0 N–H and O–H groups in total. The fourth-order valence-corrected chi connectivity index (χ4v) is 3.65. The molecule has 3 aromatic rings. The van der Waals surface area contributed by atoms with Crippen molar-refractivity contribution >= 4 is 11.9 Å². The lowest BCUT2D eigenvalue weighted by atomic mass is 9.89. The van der Waals surface area contributed by atoms with Crippen molar-refractivity contribution < 1.29 is 8.78 Å². The van der Waals surface area contributed by atoms with E-state index in [2.05, 4.69) is 29.3 Å². The molecule has 31 heavy (non-hydrogen) atoms. The van der Waals surface area contributed by atoms with Crippen molar-refractivity contribution in [1.29, 1.82) is 0 Å². The van der Waals surface area contributed by atoms with E-state index in [0.717, 1.165) is 40.8 Å². The Morgan fingerprint density at radius 1 is 0.903 bits per heavy atom. The van der Waals surface area contributed by atoms with Crippen molar-refractivity contribution in [3.8, 4) is 0 Å². The maximum atomic E-state index is 13.6. The summed E-state index contributed by atoms with van der Waals surface area (Å²) < 4.78 is 26.7. The Morgan fingerprint density at radius 3 is 2.16 bits per heavy atom. The van der Waals surface area contributed by atoms with Crippen molar-refractivity contribution in [2.75, 3.05) is 0 Å². The van der Waals surface area contributed by atoms with E-state index >= 15 is 0 Å². The molecular weight excluding hydrogens is 390 g/mol. The molecule has 2 atom stereocenters. The van der Waals surface area contributed by atoms with Crippen molar-refractivity contribution in [2.24, 2.45) is 10.2 Å². The van der Waals surface area contributed by atoms with Crippen LogP contribution in [0, 0.1) is 5.82 Å². The van der Waals surface area contributed by atoms with Crippen LogP contribution in [0.5, 0.6) is 0 Å². The molecule has 2 unspecified atom stereocenters. The molecule has 2 nitrogen and oxygen atoms in total. The lowest BCUT2D eigenvalue weighted by Crippen LogP contribution is -2.07. The molecule has 0 amide bonds. The number of rotatable bonds is 9. The van der Waals surface area contributed by atoms with Crippen LogP contribution in [0.15, 0.2) is 89.1 Å². The van der Waals surface area contributed by atoms with Gasteiger partial charge in [0.05, 0.1) is 12.4 Å². The van der Waals surface area contributed by atoms with E-state index < -0.39 is 6.17 Å². The van der Waals surface area contributed by atoms with Gasteiger partial charge in [-0.1, -0.05) is 80.1 Å². The zero-order chi connectivity index (χ0) is 22.1. The number of nitrogens with zero attached hydrogens (tertiary/aromatic N) is 2. The zero-order valence-corrected chi connectivity index (χ0v) is 18.0. The van der Waals surface area contributed by atoms with Gasteiger partial charge in [-0.05, 0) is 48.9 Å².